The predicted molar refractivity (Wildman–Crippen MR) is 112 cm³/mol. The molecule has 0 saturated heterocycles. The lowest BCUT2D eigenvalue weighted by Gasteiger charge is -2.05. The molecule has 0 aromatic heterocycles. The van der Waals surface area contributed by atoms with Gasteiger partial charge in [0.25, 0.3) is 0 Å². The van der Waals surface area contributed by atoms with E-state index in [9.17, 15) is 9.59 Å². The summed E-state index contributed by atoms with van der Waals surface area (Å²) >= 11 is 0. The lowest BCUT2D eigenvalue weighted by Crippen LogP contribution is -2.32. The third kappa shape index (κ3) is 6.39. The summed E-state index contributed by atoms with van der Waals surface area (Å²) in [5, 5.41) is 6.32. The zero-order chi connectivity index (χ0) is 20.5. The average Bonchev–Trinajstić information content (AvgIpc) is 2.68. The number of methoxy groups -OCH3 is 1. The van der Waals surface area contributed by atoms with Crippen LogP contribution in [0.5, 0.6) is 5.75 Å². The summed E-state index contributed by atoms with van der Waals surface area (Å²) in [5.41, 5.74) is 5.87. The molecule has 0 unspecified atom stereocenters. The normalized spacial score (nSPS) is 11.5. The molecule has 146 valence electrons. The van der Waals surface area contributed by atoms with E-state index >= 15 is 0 Å². The summed E-state index contributed by atoms with van der Waals surface area (Å²) in [4.78, 5) is 23.7. The van der Waals surface area contributed by atoms with Crippen LogP contribution in [-0.4, -0.2) is 25.1 Å². The molecular formula is C22H25N3O3. The first-order valence-corrected chi connectivity index (χ1v) is 8.95. The smallest absolute Gasteiger partial charge is 0.329 e. The molecular weight excluding hydrogens is 354 g/mol. The number of carbonyl (C=O) groups is 2. The number of nitrogens with zero attached hydrogens (tertiary/aromatic N) is 1. The van der Waals surface area contributed by atoms with Crippen molar-refractivity contribution in [2.75, 3.05) is 12.4 Å². The van der Waals surface area contributed by atoms with Gasteiger partial charge in [-0.1, -0.05) is 44.2 Å². The van der Waals surface area contributed by atoms with E-state index < -0.39 is 11.8 Å². The zero-order valence-electron chi connectivity index (χ0n) is 16.5. The molecule has 0 heterocycles. The predicted octanol–water partition coefficient (Wildman–Crippen LogP) is 3.96. The number of amides is 2. The van der Waals surface area contributed by atoms with Gasteiger partial charge >= 0.3 is 11.8 Å². The maximum atomic E-state index is 11.9. The van der Waals surface area contributed by atoms with Crippen LogP contribution in [0.1, 0.15) is 37.8 Å². The Morgan fingerprint density at radius 2 is 1.64 bits per heavy atom. The number of anilines is 1. The summed E-state index contributed by atoms with van der Waals surface area (Å²) in [6.07, 6.45) is 3.44. The minimum absolute atomic E-state index is 0.486. The van der Waals surface area contributed by atoms with E-state index in [0.717, 1.165) is 11.1 Å². The van der Waals surface area contributed by atoms with Gasteiger partial charge in [-0.3, -0.25) is 9.59 Å². The first-order valence-electron chi connectivity index (χ1n) is 8.95. The molecule has 0 aliphatic rings. The second-order valence-electron chi connectivity index (χ2n) is 6.59. The number of hydrazone groups is 1. The Labute approximate surface area is 165 Å². The van der Waals surface area contributed by atoms with E-state index in [1.165, 1.54) is 11.8 Å². The van der Waals surface area contributed by atoms with Crippen LogP contribution >= 0.6 is 0 Å². The van der Waals surface area contributed by atoms with E-state index in [4.69, 9.17) is 4.74 Å². The van der Waals surface area contributed by atoms with Crippen LogP contribution in [0.2, 0.25) is 0 Å². The number of hydrogen-bond donors (Lipinski definition) is 2. The van der Waals surface area contributed by atoms with E-state index in [0.29, 0.717) is 17.4 Å². The quantitative estimate of drug-likeness (QED) is 0.453. The number of nitrogens with one attached hydrogen (secondary N) is 2. The molecule has 0 aliphatic carbocycles. The van der Waals surface area contributed by atoms with Gasteiger partial charge in [0.2, 0.25) is 0 Å². The average molecular weight is 379 g/mol. The van der Waals surface area contributed by atoms with Crippen LogP contribution in [0.4, 0.5) is 5.69 Å². The van der Waals surface area contributed by atoms with Gasteiger partial charge in [0.05, 0.1) is 13.3 Å². The van der Waals surface area contributed by atoms with Gasteiger partial charge in [-0.15, -0.1) is 0 Å². The van der Waals surface area contributed by atoms with E-state index in [1.54, 1.807) is 31.4 Å². The van der Waals surface area contributed by atoms with Gasteiger partial charge in [-0.2, -0.15) is 5.10 Å². The Hall–Kier alpha value is -3.41. The molecule has 0 aliphatic heterocycles. The molecule has 2 rings (SSSR count). The molecule has 6 nitrogen and oxygen atoms in total. The Balaban J connectivity index is 1.87. The largest absolute Gasteiger partial charge is 0.497 e. The van der Waals surface area contributed by atoms with Gasteiger partial charge in [0.15, 0.2) is 0 Å². The molecule has 28 heavy (non-hydrogen) atoms. The lowest BCUT2D eigenvalue weighted by atomic mass is 10.0. The van der Waals surface area contributed by atoms with Crippen molar-refractivity contribution in [1.82, 2.24) is 5.43 Å². The number of ether oxygens (including phenoxy) is 1. The van der Waals surface area contributed by atoms with Crippen molar-refractivity contribution in [1.29, 1.82) is 0 Å². The molecule has 2 N–H and O–H groups in total. The third-order valence-corrected chi connectivity index (χ3v) is 3.99. The molecule has 0 spiro atoms. The molecule has 0 radical (unpaired) electrons. The second-order valence-corrected chi connectivity index (χ2v) is 6.59. The fourth-order valence-corrected chi connectivity index (χ4v) is 2.38. The summed E-state index contributed by atoms with van der Waals surface area (Å²) in [6, 6.07) is 14.9. The summed E-state index contributed by atoms with van der Waals surface area (Å²) in [7, 11) is 1.55. The van der Waals surface area contributed by atoms with Crippen molar-refractivity contribution in [3.63, 3.8) is 0 Å². The number of allylic oxidation sites excluding steroid dienone is 1. The zero-order valence-corrected chi connectivity index (χ0v) is 16.5. The van der Waals surface area contributed by atoms with Gasteiger partial charge in [0.1, 0.15) is 5.75 Å². The van der Waals surface area contributed by atoms with Crippen LogP contribution in [0.3, 0.4) is 0 Å². The Bertz CT molecular complexity index is 867. The van der Waals surface area contributed by atoms with E-state index in [2.05, 4.69) is 41.8 Å². The summed E-state index contributed by atoms with van der Waals surface area (Å²) in [5.74, 6) is -0.498. The lowest BCUT2D eigenvalue weighted by molar-refractivity contribution is -0.136. The highest BCUT2D eigenvalue weighted by Crippen LogP contribution is 2.16. The van der Waals surface area contributed by atoms with Crippen LogP contribution in [0, 0.1) is 0 Å². The molecule has 2 aromatic rings. The summed E-state index contributed by atoms with van der Waals surface area (Å²) in [6.45, 7) is 6.16. The summed E-state index contributed by atoms with van der Waals surface area (Å²) < 4.78 is 5.04. The molecule has 0 atom stereocenters. The highest BCUT2D eigenvalue weighted by Gasteiger charge is 2.12. The maximum absolute atomic E-state index is 11.9. The Morgan fingerprint density at radius 1 is 1.00 bits per heavy atom. The van der Waals surface area contributed by atoms with Gasteiger partial charge < -0.3 is 10.1 Å². The number of hydrogen-bond acceptors (Lipinski definition) is 4. The number of benzene rings is 2. The SMILES string of the molecule is COc1ccc(NC(=O)C(=O)NN=C/C(C)=C\c2ccc(C(C)C)cc2)cc1. The van der Waals surface area contributed by atoms with Crippen LogP contribution in [0.25, 0.3) is 6.08 Å². The second kappa shape index (κ2) is 10.1. The van der Waals surface area contributed by atoms with Crippen molar-refractivity contribution in [2.45, 2.75) is 26.7 Å². The van der Waals surface area contributed by atoms with Crippen molar-refractivity contribution < 1.29 is 14.3 Å². The van der Waals surface area contributed by atoms with E-state index in [-0.39, 0.29) is 0 Å². The first kappa shape index (κ1) is 20.9. The first-order chi connectivity index (χ1) is 13.4. The van der Waals surface area contributed by atoms with Gasteiger partial charge in [0, 0.05) is 5.69 Å². The molecule has 2 amide bonds. The molecule has 0 fully saturated rings. The standard InChI is InChI=1S/C22H25N3O3/c1-15(2)18-7-5-17(6-8-18)13-16(3)14-23-25-22(27)21(26)24-19-9-11-20(28-4)12-10-19/h5-15H,1-4H3,(H,24,26)(H,25,27)/b16-13-,23-14?. The van der Waals surface area contributed by atoms with Crippen molar-refractivity contribution in [3.8, 4) is 5.75 Å². The molecule has 0 saturated carbocycles. The molecule has 6 heteroatoms. The fraction of sp³-hybridized carbons (Fsp3) is 0.227. The maximum Gasteiger partial charge on any atom is 0.329 e. The highest BCUT2D eigenvalue weighted by molar-refractivity contribution is 6.39. The Morgan fingerprint density at radius 3 is 2.21 bits per heavy atom. The van der Waals surface area contributed by atoms with Crippen LogP contribution in [-0.2, 0) is 9.59 Å². The fourth-order valence-electron chi connectivity index (χ4n) is 2.38. The van der Waals surface area contributed by atoms with Crippen LogP contribution in [0.15, 0.2) is 59.2 Å². The van der Waals surface area contributed by atoms with Crippen molar-refractivity contribution in [2.24, 2.45) is 5.10 Å². The number of carbonyl (C=O) groups excluding carboxylic acids is 2. The highest BCUT2D eigenvalue weighted by atomic mass is 16.5. The van der Waals surface area contributed by atoms with Crippen molar-refractivity contribution >= 4 is 29.8 Å². The minimum Gasteiger partial charge on any atom is -0.497 e. The van der Waals surface area contributed by atoms with Crippen molar-refractivity contribution in [3.05, 3.63) is 65.2 Å². The molecule has 0 bridgehead atoms. The minimum atomic E-state index is -0.846. The third-order valence-electron chi connectivity index (χ3n) is 3.99. The van der Waals surface area contributed by atoms with Gasteiger partial charge in [-0.05, 0) is 53.8 Å². The Kier molecular flexibility index (Phi) is 7.51. The monoisotopic (exact) mass is 379 g/mol. The topological polar surface area (TPSA) is 79.8 Å². The van der Waals surface area contributed by atoms with Gasteiger partial charge in [-0.25, -0.2) is 5.43 Å². The van der Waals surface area contributed by atoms with E-state index in [1.807, 2.05) is 25.1 Å². The number of rotatable bonds is 6. The molecule has 2 aromatic carbocycles. The van der Waals surface area contributed by atoms with Crippen LogP contribution < -0.4 is 15.5 Å².